The maximum atomic E-state index is 12.7. The number of anilines is 1. The number of Topliss-reactive ketones (excluding diaryl/α,β-unsaturated/α-hetero) is 2. The minimum absolute atomic E-state index is 0.163. The van der Waals surface area contributed by atoms with Gasteiger partial charge in [-0.25, -0.2) is 0 Å². The molecule has 0 aliphatic carbocycles. The van der Waals surface area contributed by atoms with Gasteiger partial charge >= 0.3 is 0 Å². The Labute approximate surface area is 165 Å². The van der Waals surface area contributed by atoms with Gasteiger partial charge in [-0.2, -0.15) is 15.6 Å². The maximum Gasteiger partial charge on any atom is 0.223 e. The molecule has 0 aliphatic heterocycles. The summed E-state index contributed by atoms with van der Waals surface area (Å²) in [7, 11) is 0. The van der Waals surface area contributed by atoms with Gasteiger partial charge in [0.2, 0.25) is 11.5 Å². The molecule has 3 rings (SSSR count). The largest absolute Gasteiger partial charge is 0.294 e. The zero-order chi connectivity index (χ0) is 20.3. The topological polar surface area (TPSA) is 106 Å². The number of rotatable bonds is 5. The first-order chi connectivity index (χ1) is 13.5. The van der Waals surface area contributed by atoms with Crippen LogP contribution in [0, 0.1) is 29.6 Å². The van der Waals surface area contributed by atoms with E-state index >= 15 is 0 Å². The molecular weight excluding hydrogens is 372 g/mol. The predicted octanol–water partition coefficient (Wildman–Crippen LogP) is 4.46. The Morgan fingerprint density at radius 3 is 2.46 bits per heavy atom. The number of hydrogen-bond acceptors (Lipinski definition) is 7. The fraction of sp³-hybridized carbons (Fsp3) is 0.0952. The number of benzene rings is 2. The van der Waals surface area contributed by atoms with Crippen molar-refractivity contribution < 1.29 is 9.59 Å². The van der Waals surface area contributed by atoms with Crippen molar-refractivity contribution in [3.8, 4) is 12.1 Å². The number of hydrazone groups is 1. The summed E-state index contributed by atoms with van der Waals surface area (Å²) in [6.45, 7) is 3.09. The van der Waals surface area contributed by atoms with Crippen molar-refractivity contribution >= 4 is 44.4 Å². The Kier molecular flexibility index (Phi) is 5.30. The van der Waals surface area contributed by atoms with Crippen molar-refractivity contribution in [3.05, 3.63) is 64.0 Å². The minimum atomic E-state index is -0.528. The van der Waals surface area contributed by atoms with Gasteiger partial charge in [-0.3, -0.25) is 15.0 Å². The number of fused-ring (bicyclic) bond motifs is 1. The van der Waals surface area contributed by atoms with Crippen LogP contribution in [-0.2, 0) is 0 Å². The van der Waals surface area contributed by atoms with E-state index in [9.17, 15) is 20.1 Å². The molecule has 0 unspecified atom stereocenters. The molecule has 136 valence electrons. The average molecular weight is 386 g/mol. The molecule has 0 saturated heterocycles. The molecule has 1 heterocycles. The van der Waals surface area contributed by atoms with Crippen molar-refractivity contribution in [2.24, 2.45) is 5.10 Å². The van der Waals surface area contributed by atoms with Crippen LogP contribution in [0.15, 0.2) is 47.6 Å². The summed E-state index contributed by atoms with van der Waals surface area (Å²) < 4.78 is 0. The molecule has 3 aromatic rings. The Balaban J connectivity index is 1.93. The smallest absolute Gasteiger partial charge is 0.223 e. The number of carbonyl (C=O) groups is 2. The van der Waals surface area contributed by atoms with Gasteiger partial charge in [-0.1, -0.05) is 36.4 Å². The van der Waals surface area contributed by atoms with E-state index in [1.54, 1.807) is 31.2 Å². The van der Waals surface area contributed by atoms with Gasteiger partial charge < -0.3 is 0 Å². The van der Waals surface area contributed by atoms with Crippen LogP contribution in [0.2, 0.25) is 0 Å². The van der Waals surface area contributed by atoms with Crippen LogP contribution in [0.3, 0.4) is 0 Å². The van der Waals surface area contributed by atoms with Crippen LogP contribution in [0.25, 0.3) is 10.8 Å². The van der Waals surface area contributed by atoms with Crippen LogP contribution in [0.4, 0.5) is 5.00 Å². The molecule has 2 aromatic carbocycles. The molecule has 0 radical (unpaired) electrons. The zero-order valence-corrected chi connectivity index (χ0v) is 15.9. The summed E-state index contributed by atoms with van der Waals surface area (Å²) in [5.74, 6) is -0.692. The van der Waals surface area contributed by atoms with E-state index in [1.165, 1.54) is 6.92 Å². The van der Waals surface area contributed by atoms with Crippen LogP contribution < -0.4 is 5.43 Å². The second kappa shape index (κ2) is 7.83. The monoisotopic (exact) mass is 386 g/mol. The molecule has 0 aliphatic rings. The first kappa shape index (κ1) is 19.0. The number of ketones is 2. The van der Waals surface area contributed by atoms with Gasteiger partial charge in [0.05, 0.1) is 10.4 Å². The van der Waals surface area contributed by atoms with Crippen molar-refractivity contribution in [3.63, 3.8) is 0 Å². The highest BCUT2D eigenvalue weighted by Gasteiger charge is 2.19. The molecule has 28 heavy (non-hydrogen) atoms. The highest BCUT2D eigenvalue weighted by atomic mass is 32.1. The molecule has 6 nitrogen and oxygen atoms in total. The fourth-order valence-corrected chi connectivity index (χ4v) is 3.76. The van der Waals surface area contributed by atoms with E-state index in [4.69, 9.17) is 0 Å². The molecule has 1 N–H and O–H groups in total. The second-order valence-corrected chi connectivity index (χ2v) is 7.02. The number of nitrogens with one attached hydrogen (secondary N) is 1. The summed E-state index contributed by atoms with van der Waals surface area (Å²) in [5, 5.41) is 24.8. The summed E-state index contributed by atoms with van der Waals surface area (Å²) in [5.41, 5.74) is 3.44. The van der Waals surface area contributed by atoms with E-state index in [-0.39, 0.29) is 17.1 Å². The third kappa shape index (κ3) is 3.52. The van der Waals surface area contributed by atoms with Crippen molar-refractivity contribution in [1.29, 1.82) is 10.5 Å². The van der Waals surface area contributed by atoms with Crippen LogP contribution >= 0.6 is 11.3 Å². The van der Waals surface area contributed by atoms with E-state index in [0.717, 1.165) is 22.1 Å². The molecule has 0 bridgehead atoms. The first-order valence-corrected chi connectivity index (χ1v) is 9.09. The first-order valence-electron chi connectivity index (χ1n) is 8.28. The van der Waals surface area contributed by atoms with E-state index < -0.39 is 5.78 Å². The lowest BCUT2D eigenvalue weighted by molar-refractivity contribution is 0.101. The van der Waals surface area contributed by atoms with Crippen molar-refractivity contribution in [2.45, 2.75) is 13.8 Å². The van der Waals surface area contributed by atoms with Crippen LogP contribution in [-0.4, -0.2) is 17.3 Å². The third-order valence-corrected chi connectivity index (χ3v) is 5.48. The number of thiophene rings is 1. The van der Waals surface area contributed by atoms with Gasteiger partial charge in [-0.05, 0) is 36.2 Å². The van der Waals surface area contributed by atoms with Crippen molar-refractivity contribution in [1.82, 2.24) is 0 Å². The van der Waals surface area contributed by atoms with Gasteiger partial charge in [0.15, 0.2) is 5.78 Å². The van der Waals surface area contributed by atoms with Gasteiger partial charge in [0.25, 0.3) is 0 Å². The van der Waals surface area contributed by atoms with E-state index in [0.29, 0.717) is 21.0 Å². The predicted molar refractivity (Wildman–Crippen MR) is 109 cm³/mol. The Hall–Kier alpha value is -3.81. The van der Waals surface area contributed by atoms with Gasteiger partial charge in [0.1, 0.15) is 17.1 Å². The van der Waals surface area contributed by atoms with Gasteiger partial charge in [0, 0.05) is 5.56 Å². The van der Waals surface area contributed by atoms with E-state index in [2.05, 4.69) is 10.5 Å². The second-order valence-electron chi connectivity index (χ2n) is 6.00. The molecule has 0 saturated carbocycles. The number of nitriles is 2. The number of hydrogen-bond donors (Lipinski definition) is 1. The highest BCUT2D eigenvalue weighted by molar-refractivity contribution is 7.18. The molecule has 1 aromatic heterocycles. The molecule has 0 fully saturated rings. The Morgan fingerprint density at radius 1 is 1.11 bits per heavy atom. The molecule has 0 spiro atoms. The quantitative estimate of drug-likeness (QED) is 0.396. The Bertz CT molecular complexity index is 1230. The molecular formula is C21H14N4O2S. The lowest BCUT2D eigenvalue weighted by atomic mass is 10.0. The normalized spacial score (nSPS) is 10.9. The SMILES string of the molecule is CC(=O)c1sc(NN=C(C#N)C(=O)c2ccc3ccccc3c2)c(C#N)c1C. The zero-order valence-electron chi connectivity index (χ0n) is 15.1. The number of carbonyl (C=O) groups excluding carboxylic acids is 2. The minimum Gasteiger partial charge on any atom is -0.294 e. The fourth-order valence-electron chi connectivity index (χ4n) is 2.76. The number of nitrogens with zero attached hydrogens (tertiary/aromatic N) is 3. The lowest BCUT2D eigenvalue weighted by Gasteiger charge is -2.03. The molecule has 0 amide bonds. The lowest BCUT2D eigenvalue weighted by Crippen LogP contribution is -2.14. The third-order valence-electron chi connectivity index (χ3n) is 4.18. The summed E-state index contributed by atoms with van der Waals surface area (Å²) >= 11 is 1.07. The maximum absolute atomic E-state index is 12.7. The highest BCUT2D eigenvalue weighted by Crippen LogP contribution is 2.32. The van der Waals surface area contributed by atoms with Gasteiger partial charge in [-0.15, -0.1) is 11.3 Å². The van der Waals surface area contributed by atoms with Crippen molar-refractivity contribution in [2.75, 3.05) is 5.43 Å². The Morgan fingerprint density at radius 2 is 1.82 bits per heavy atom. The van der Waals surface area contributed by atoms with E-state index in [1.807, 2.05) is 30.3 Å². The summed E-state index contributed by atoms with van der Waals surface area (Å²) in [6.07, 6.45) is 0. The van der Waals surface area contributed by atoms with Crippen LogP contribution in [0.5, 0.6) is 0 Å². The standard InChI is InChI=1S/C21H14N4O2S/c1-12-17(10-22)21(28-20(12)13(2)26)25-24-18(11-23)19(27)16-8-7-14-5-3-4-6-15(14)9-16/h3-9,25H,1-2H3. The summed E-state index contributed by atoms with van der Waals surface area (Å²) in [4.78, 5) is 24.8. The molecule has 0 atom stereocenters. The average Bonchev–Trinajstić information content (AvgIpc) is 3.03. The van der Waals surface area contributed by atoms with Crippen LogP contribution in [0.1, 0.15) is 38.1 Å². The molecule has 7 heteroatoms. The summed E-state index contributed by atoms with van der Waals surface area (Å²) in [6, 6.07) is 16.5.